The minimum Gasteiger partial charge on any atom is -0.490 e. The van der Waals surface area contributed by atoms with Crippen LogP contribution in [0.15, 0.2) is 29.2 Å². The molecule has 1 saturated carbocycles. The third-order valence-corrected chi connectivity index (χ3v) is 5.15. The molecule has 1 aromatic carbocycles. The van der Waals surface area contributed by atoms with Gasteiger partial charge in [-0.2, -0.15) is 0 Å². The molecule has 0 spiro atoms. The summed E-state index contributed by atoms with van der Waals surface area (Å²) in [6.45, 7) is 2.20. The summed E-state index contributed by atoms with van der Waals surface area (Å²) in [5.74, 6) is 0.341. The van der Waals surface area contributed by atoms with Crippen LogP contribution in [0.25, 0.3) is 0 Å². The largest absolute Gasteiger partial charge is 0.490 e. The van der Waals surface area contributed by atoms with Crippen LogP contribution in [0.1, 0.15) is 39.0 Å². The van der Waals surface area contributed by atoms with Crippen molar-refractivity contribution in [2.45, 2.75) is 50.0 Å². The fourth-order valence-electron chi connectivity index (χ4n) is 2.47. The van der Waals surface area contributed by atoms with Crippen molar-refractivity contribution >= 4 is 15.9 Å². The Morgan fingerprint density at radius 2 is 1.87 bits per heavy atom. The van der Waals surface area contributed by atoms with Crippen LogP contribution in [-0.4, -0.2) is 33.5 Å². The van der Waals surface area contributed by atoms with Crippen LogP contribution in [0, 0.1) is 0 Å². The van der Waals surface area contributed by atoms with Crippen LogP contribution in [0.5, 0.6) is 5.75 Å². The number of nitrogens with one attached hydrogen (secondary N) is 2. The van der Waals surface area contributed by atoms with Gasteiger partial charge in [-0.3, -0.25) is 4.79 Å². The van der Waals surface area contributed by atoms with Crippen LogP contribution in [-0.2, 0) is 14.8 Å². The highest BCUT2D eigenvalue weighted by Gasteiger charge is 2.18. The number of amides is 1. The Hall–Kier alpha value is -1.60. The van der Waals surface area contributed by atoms with Gasteiger partial charge in [-0.05, 0) is 56.4 Å². The lowest BCUT2D eigenvalue weighted by molar-refractivity contribution is -0.119. The summed E-state index contributed by atoms with van der Waals surface area (Å²) in [6, 6.07) is 6.31. The van der Waals surface area contributed by atoms with E-state index in [1.165, 1.54) is 25.0 Å². The van der Waals surface area contributed by atoms with E-state index in [1.54, 1.807) is 12.1 Å². The number of hydrogen-bond donors (Lipinski definition) is 2. The molecule has 2 rings (SSSR count). The average Bonchev–Trinajstić information content (AvgIpc) is 3.04. The number of carbonyl (C=O) groups excluding carboxylic acids is 1. The highest BCUT2D eigenvalue weighted by Crippen LogP contribution is 2.24. The van der Waals surface area contributed by atoms with E-state index in [0.717, 1.165) is 19.3 Å². The van der Waals surface area contributed by atoms with Crippen molar-refractivity contribution in [3.8, 4) is 5.75 Å². The van der Waals surface area contributed by atoms with Gasteiger partial charge in [0.1, 0.15) is 5.75 Å². The van der Waals surface area contributed by atoms with Crippen LogP contribution >= 0.6 is 0 Å². The maximum atomic E-state index is 12.1. The van der Waals surface area contributed by atoms with Crippen LogP contribution in [0.3, 0.4) is 0 Å². The second kappa shape index (κ2) is 8.31. The molecule has 1 aliphatic carbocycles. The van der Waals surface area contributed by atoms with Gasteiger partial charge in [0.05, 0.1) is 17.5 Å². The Bertz CT molecular complexity index is 607. The van der Waals surface area contributed by atoms with Crippen molar-refractivity contribution in [2.75, 3.05) is 13.1 Å². The number of hydrogen-bond acceptors (Lipinski definition) is 4. The van der Waals surface area contributed by atoms with Gasteiger partial charge in [0.15, 0.2) is 0 Å². The molecule has 7 heteroatoms. The quantitative estimate of drug-likeness (QED) is 0.756. The van der Waals surface area contributed by atoms with Crippen molar-refractivity contribution in [1.29, 1.82) is 0 Å². The molecule has 1 amide bonds. The Kier molecular flexibility index (Phi) is 6.41. The maximum Gasteiger partial charge on any atom is 0.241 e. The number of ether oxygens (including phenoxy) is 1. The summed E-state index contributed by atoms with van der Waals surface area (Å²) in [4.78, 5) is 11.6. The van der Waals surface area contributed by atoms with Gasteiger partial charge in [-0.15, -0.1) is 0 Å². The van der Waals surface area contributed by atoms with E-state index in [4.69, 9.17) is 4.74 Å². The average molecular weight is 340 g/mol. The summed E-state index contributed by atoms with van der Waals surface area (Å²) in [5, 5.41) is 2.62. The zero-order valence-electron chi connectivity index (χ0n) is 13.4. The number of carbonyl (C=O) groups is 1. The first kappa shape index (κ1) is 17.7. The van der Waals surface area contributed by atoms with Crippen molar-refractivity contribution in [3.05, 3.63) is 24.3 Å². The third kappa shape index (κ3) is 5.51. The molecule has 0 unspecified atom stereocenters. The standard InChI is InChI=1S/C16H24N2O4S/c1-2-11-17-16(19)12-18-23(20,21)15-9-7-14(8-10-15)22-13-5-3-4-6-13/h7-10,13,18H,2-6,11-12H2,1H3,(H,17,19). The topological polar surface area (TPSA) is 84.5 Å². The monoisotopic (exact) mass is 340 g/mol. The summed E-state index contributed by atoms with van der Waals surface area (Å²) >= 11 is 0. The predicted molar refractivity (Wildman–Crippen MR) is 87.8 cm³/mol. The van der Waals surface area contributed by atoms with E-state index in [9.17, 15) is 13.2 Å². The molecule has 23 heavy (non-hydrogen) atoms. The Balaban J connectivity index is 1.90. The molecular weight excluding hydrogens is 316 g/mol. The minimum atomic E-state index is -3.69. The number of rotatable bonds is 8. The van der Waals surface area contributed by atoms with E-state index < -0.39 is 10.0 Å². The first-order valence-corrected chi connectivity index (χ1v) is 9.52. The zero-order chi connectivity index (χ0) is 16.7. The molecule has 2 N–H and O–H groups in total. The highest BCUT2D eigenvalue weighted by molar-refractivity contribution is 7.89. The third-order valence-electron chi connectivity index (χ3n) is 3.73. The van der Waals surface area contributed by atoms with Gasteiger partial charge in [-0.25, -0.2) is 13.1 Å². The molecular formula is C16H24N2O4S. The Labute approximate surface area is 137 Å². The van der Waals surface area contributed by atoms with Crippen molar-refractivity contribution in [1.82, 2.24) is 10.0 Å². The summed E-state index contributed by atoms with van der Waals surface area (Å²) < 4.78 is 32.4. The lowest BCUT2D eigenvalue weighted by Gasteiger charge is -2.13. The van der Waals surface area contributed by atoms with Gasteiger partial charge in [0.2, 0.25) is 15.9 Å². The fraction of sp³-hybridized carbons (Fsp3) is 0.562. The summed E-state index contributed by atoms with van der Waals surface area (Å²) in [5.41, 5.74) is 0. The van der Waals surface area contributed by atoms with Crippen LogP contribution < -0.4 is 14.8 Å². The van der Waals surface area contributed by atoms with E-state index in [-0.39, 0.29) is 23.5 Å². The zero-order valence-corrected chi connectivity index (χ0v) is 14.2. The second-order valence-corrected chi connectivity index (χ2v) is 7.44. The van der Waals surface area contributed by atoms with Gasteiger partial charge in [0.25, 0.3) is 0 Å². The Morgan fingerprint density at radius 3 is 2.48 bits per heavy atom. The summed E-state index contributed by atoms with van der Waals surface area (Å²) in [6.07, 6.45) is 5.50. The van der Waals surface area contributed by atoms with Crippen LogP contribution in [0.4, 0.5) is 0 Å². The van der Waals surface area contributed by atoms with Gasteiger partial charge >= 0.3 is 0 Å². The Morgan fingerprint density at radius 1 is 1.22 bits per heavy atom. The molecule has 1 fully saturated rings. The number of benzene rings is 1. The molecule has 0 atom stereocenters. The normalized spacial score (nSPS) is 15.5. The van der Waals surface area contributed by atoms with E-state index >= 15 is 0 Å². The second-order valence-electron chi connectivity index (χ2n) is 5.67. The molecule has 1 aliphatic rings. The molecule has 6 nitrogen and oxygen atoms in total. The maximum absolute atomic E-state index is 12.1. The summed E-state index contributed by atoms with van der Waals surface area (Å²) in [7, 11) is -3.69. The lowest BCUT2D eigenvalue weighted by Crippen LogP contribution is -2.37. The van der Waals surface area contributed by atoms with Crippen molar-refractivity contribution in [2.24, 2.45) is 0 Å². The molecule has 0 saturated heterocycles. The van der Waals surface area contributed by atoms with Gasteiger partial charge < -0.3 is 10.1 Å². The first-order valence-electron chi connectivity index (χ1n) is 8.04. The predicted octanol–water partition coefficient (Wildman–Crippen LogP) is 1.81. The lowest BCUT2D eigenvalue weighted by atomic mass is 10.3. The first-order chi connectivity index (χ1) is 11.0. The minimum absolute atomic E-state index is 0.125. The molecule has 0 aromatic heterocycles. The molecule has 0 bridgehead atoms. The highest BCUT2D eigenvalue weighted by atomic mass is 32.2. The molecule has 0 radical (unpaired) electrons. The van der Waals surface area contributed by atoms with E-state index in [1.807, 2.05) is 6.92 Å². The molecule has 1 aromatic rings. The van der Waals surface area contributed by atoms with Crippen LogP contribution in [0.2, 0.25) is 0 Å². The van der Waals surface area contributed by atoms with E-state index in [2.05, 4.69) is 10.0 Å². The SMILES string of the molecule is CCCNC(=O)CNS(=O)(=O)c1ccc(OC2CCCC2)cc1. The smallest absolute Gasteiger partial charge is 0.241 e. The molecule has 0 aliphatic heterocycles. The van der Waals surface area contributed by atoms with Crippen molar-refractivity contribution < 1.29 is 17.9 Å². The number of sulfonamides is 1. The molecule has 0 heterocycles. The fourth-order valence-corrected chi connectivity index (χ4v) is 3.45. The van der Waals surface area contributed by atoms with Gasteiger partial charge in [-0.1, -0.05) is 6.92 Å². The molecule has 128 valence electrons. The van der Waals surface area contributed by atoms with E-state index in [0.29, 0.717) is 12.3 Å². The van der Waals surface area contributed by atoms with Gasteiger partial charge in [0, 0.05) is 6.54 Å². The van der Waals surface area contributed by atoms with Crippen molar-refractivity contribution in [3.63, 3.8) is 0 Å².